The van der Waals surface area contributed by atoms with Crippen molar-refractivity contribution in [2.45, 2.75) is 25.7 Å². The zero-order valence-electron chi connectivity index (χ0n) is 9.58. The van der Waals surface area contributed by atoms with E-state index in [9.17, 15) is 4.79 Å². The SMILES string of the molecule is COC(=O)C1CCN(CCCCCN)C1. The van der Waals surface area contributed by atoms with Gasteiger partial charge >= 0.3 is 5.97 Å². The number of carbonyl (C=O) groups is 1. The van der Waals surface area contributed by atoms with E-state index in [2.05, 4.69) is 4.90 Å². The predicted molar refractivity (Wildman–Crippen MR) is 59.5 cm³/mol. The van der Waals surface area contributed by atoms with Crippen LogP contribution in [0.1, 0.15) is 25.7 Å². The van der Waals surface area contributed by atoms with Gasteiger partial charge in [0.05, 0.1) is 13.0 Å². The van der Waals surface area contributed by atoms with Crippen LogP contribution in [-0.4, -0.2) is 44.2 Å². The molecule has 4 nitrogen and oxygen atoms in total. The summed E-state index contributed by atoms with van der Waals surface area (Å²) >= 11 is 0. The number of rotatable bonds is 6. The molecule has 0 aliphatic carbocycles. The van der Waals surface area contributed by atoms with E-state index in [1.807, 2.05) is 0 Å². The molecule has 4 heteroatoms. The molecule has 0 radical (unpaired) electrons. The molecule has 1 rings (SSSR count). The molecule has 0 saturated carbocycles. The van der Waals surface area contributed by atoms with Gasteiger partial charge in [-0.1, -0.05) is 6.42 Å². The monoisotopic (exact) mass is 214 g/mol. The summed E-state index contributed by atoms with van der Waals surface area (Å²) in [5.74, 6) is 0.0453. The van der Waals surface area contributed by atoms with Gasteiger partial charge in [-0.25, -0.2) is 0 Å². The van der Waals surface area contributed by atoms with Crippen molar-refractivity contribution in [2.75, 3.05) is 33.3 Å². The Morgan fingerprint density at radius 1 is 1.47 bits per heavy atom. The van der Waals surface area contributed by atoms with E-state index in [0.29, 0.717) is 0 Å². The van der Waals surface area contributed by atoms with Crippen molar-refractivity contribution in [2.24, 2.45) is 11.7 Å². The number of unbranched alkanes of at least 4 members (excludes halogenated alkanes) is 2. The van der Waals surface area contributed by atoms with Gasteiger partial charge in [0.25, 0.3) is 0 Å². The molecule has 0 amide bonds. The van der Waals surface area contributed by atoms with Crippen LogP contribution in [0.3, 0.4) is 0 Å². The summed E-state index contributed by atoms with van der Waals surface area (Å²) in [7, 11) is 1.46. The van der Waals surface area contributed by atoms with Crippen molar-refractivity contribution in [1.82, 2.24) is 4.90 Å². The van der Waals surface area contributed by atoms with Crippen LogP contribution in [0.25, 0.3) is 0 Å². The number of nitrogens with zero attached hydrogens (tertiary/aromatic N) is 1. The first kappa shape index (κ1) is 12.5. The van der Waals surface area contributed by atoms with Crippen LogP contribution in [0.15, 0.2) is 0 Å². The van der Waals surface area contributed by atoms with E-state index in [4.69, 9.17) is 10.5 Å². The van der Waals surface area contributed by atoms with E-state index in [1.54, 1.807) is 0 Å². The maximum absolute atomic E-state index is 11.3. The summed E-state index contributed by atoms with van der Waals surface area (Å²) in [5.41, 5.74) is 5.43. The molecule has 88 valence electrons. The summed E-state index contributed by atoms with van der Waals surface area (Å²) in [6.07, 6.45) is 4.43. The van der Waals surface area contributed by atoms with Crippen LogP contribution in [0.2, 0.25) is 0 Å². The van der Waals surface area contributed by atoms with Crippen LogP contribution in [-0.2, 0) is 9.53 Å². The minimum absolute atomic E-state index is 0.0561. The summed E-state index contributed by atoms with van der Waals surface area (Å²) in [6.45, 7) is 3.77. The number of hydrogen-bond donors (Lipinski definition) is 1. The zero-order valence-corrected chi connectivity index (χ0v) is 9.58. The van der Waals surface area contributed by atoms with E-state index in [0.717, 1.165) is 39.0 Å². The Morgan fingerprint density at radius 2 is 2.27 bits per heavy atom. The number of esters is 1. The quantitative estimate of drug-likeness (QED) is 0.520. The van der Waals surface area contributed by atoms with Gasteiger partial charge in [-0.2, -0.15) is 0 Å². The first-order valence-electron chi connectivity index (χ1n) is 5.78. The normalized spacial score (nSPS) is 21.9. The van der Waals surface area contributed by atoms with E-state index in [-0.39, 0.29) is 11.9 Å². The third-order valence-corrected chi connectivity index (χ3v) is 2.99. The van der Waals surface area contributed by atoms with Crippen molar-refractivity contribution in [3.63, 3.8) is 0 Å². The maximum atomic E-state index is 11.3. The summed E-state index contributed by atoms with van der Waals surface area (Å²) in [5, 5.41) is 0. The average molecular weight is 214 g/mol. The van der Waals surface area contributed by atoms with Crippen LogP contribution >= 0.6 is 0 Å². The van der Waals surface area contributed by atoms with Gasteiger partial charge in [0.1, 0.15) is 0 Å². The van der Waals surface area contributed by atoms with Crippen LogP contribution in [0, 0.1) is 5.92 Å². The molecular weight excluding hydrogens is 192 g/mol. The smallest absolute Gasteiger partial charge is 0.310 e. The molecule has 15 heavy (non-hydrogen) atoms. The number of likely N-dealkylation sites (tertiary alicyclic amines) is 1. The van der Waals surface area contributed by atoms with Gasteiger partial charge in [0, 0.05) is 6.54 Å². The van der Waals surface area contributed by atoms with Gasteiger partial charge in [0.2, 0.25) is 0 Å². The van der Waals surface area contributed by atoms with E-state index < -0.39 is 0 Å². The summed E-state index contributed by atoms with van der Waals surface area (Å²) in [6, 6.07) is 0. The van der Waals surface area contributed by atoms with Crippen molar-refractivity contribution >= 4 is 5.97 Å². The minimum atomic E-state index is -0.0561. The second kappa shape index (κ2) is 6.80. The van der Waals surface area contributed by atoms with E-state index in [1.165, 1.54) is 20.0 Å². The molecule has 0 aromatic rings. The van der Waals surface area contributed by atoms with Crippen LogP contribution in [0.4, 0.5) is 0 Å². The first-order valence-corrected chi connectivity index (χ1v) is 5.78. The molecule has 1 fully saturated rings. The summed E-state index contributed by atoms with van der Waals surface area (Å²) in [4.78, 5) is 13.6. The lowest BCUT2D eigenvalue weighted by Crippen LogP contribution is -2.25. The Labute approximate surface area is 91.8 Å². The average Bonchev–Trinajstić information content (AvgIpc) is 2.72. The Kier molecular flexibility index (Phi) is 5.65. The second-order valence-electron chi connectivity index (χ2n) is 4.16. The lowest BCUT2D eigenvalue weighted by atomic mass is 10.1. The van der Waals surface area contributed by atoms with Crippen LogP contribution in [0.5, 0.6) is 0 Å². The largest absolute Gasteiger partial charge is 0.469 e. The number of ether oxygens (including phenoxy) is 1. The lowest BCUT2D eigenvalue weighted by Gasteiger charge is -2.14. The zero-order chi connectivity index (χ0) is 11.1. The molecule has 0 bridgehead atoms. The highest BCUT2D eigenvalue weighted by atomic mass is 16.5. The van der Waals surface area contributed by atoms with E-state index >= 15 is 0 Å². The molecular formula is C11H22N2O2. The van der Waals surface area contributed by atoms with Crippen molar-refractivity contribution in [1.29, 1.82) is 0 Å². The van der Waals surface area contributed by atoms with Gasteiger partial charge in [-0.15, -0.1) is 0 Å². The Morgan fingerprint density at radius 3 is 2.93 bits per heavy atom. The fraction of sp³-hybridized carbons (Fsp3) is 0.909. The lowest BCUT2D eigenvalue weighted by molar-refractivity contribution is -0.144. The van der Waals surface area contributed by atoms with Crippen molar-refractivity contribution < 1.29 is 9.53 Å². The van der Waals surface area contributed by atoms with Crippen molar-refractivity contribution in [3.05, 3.63) is 0 Å². The fourth-order valence-corrected chi connectivity index (χ4v) is 2.05. The first-order chi connectivity index (χ1) is 7.27. The van der Waals surface area contributed by atoms with Gasteiger partial charge in [-0.3, -0.25) is 4.79 Å². The molecule has 1 unspecified atom stereocenters. The van der Waals surface area contributed by atoms with Crippen molar-refractivity contribution in [3.8, 4) is 0 Å². The number of hydrogen-bond acceptors (Lipinski definition) is 4. The molecule has 0 spiro atoms. The second-order valence-corrected chi connectivity index (χ2v) is 4.16. The molecule has 1 aliphatic heterocycles. The molecule has 1 aliphatic rings. The Balaban J connectivity index is 2.11. The predicted octanol–water partition coefficient (Wildman–Crippen LogP) is 0.610. The fourth-order valence-electron chi connectivity index (χ4n) is 2.05. The Hall–Kier alpha value is -0.610. The molecule has 2 N–H and O–H groups in total. The van der Waals surface area contributed by atoms with Gasteiger partial charge in [0.15, 0.2) is 0 Å². The van der Waals surface area contributed by atoms with Gasteiger partial charge < -0.3 is 15.4 Å². The third-order valence-electron chi connectivity index (χ3n) is 2.99. The molecule has 1 heterocycles. The molecule has 0 aromatic heterocycles. The standard InChI is InChI=1S/C11H22N2O2/c1-15-11(14)10-5-8-13(9-10)7-4-2-3-6-12/h10H,2-9,12H2,1H3. The number of nitrogens with two attached hydrogens (primary N) is 1. The highest BCUT2D eigenvalue weighted by molar-refractivity contribution is 5.72. The highest BCUT2D eigenvalue weighted by Crippen LogP contribution is 2.17. The number of methoxy groups -OCH3 is 1. The molecule has 1 saturated heterocycles. The third kappa shape index (κ3) is 4.18. The maximum Gasteiger partial charge on any atom is 0.310 e. The van der Waals surface area contributed by atoms with Crippen LogP contribution < -0.4 is 5.73 Å². The Bertz CT molecular complexity index is 197. The molecule has 0 aromatic carbocycles. The number of carbonyl (C=O) groups excluding carboxylic acids is 1. The topological polar surface area (TPSA) is 55.6 Å². The van der Waals surface area contributed by atoms with Gasteiger partial charge in [-0.05, 0) is 38.9 Å². The highest BCUT2D eigenvalue weighted by Gasteiger charge is 2.28. The minimum Gasteiger partial charge on any atom is -0.469 e. The summed E-state index contributed by atoms with van der Waals surface area (Å²) < 4.78 is 4.74. The molecule has 1 atom stereocenters.